The van der Waals surface area contributed by atoms with E-state index in [1.165, 1.54) is 15.4 Å². The fourth-order valence-corrected chi connectivity index (χ4v) is 5.27. The average Bonchev–Trinajstić information content (AvgIpc) is 2.79. The quantitative estimate of drug-likeness (QED) is 0.482. The van der Waals surface area contributed by atoms with E-state index in [0.717, 1.165) is 29.7 Å². The van der Waals surface area contributed by atoms with Gasteiger partial charge in [0.1, 0.15) is 0 Å². The van der Waals surface area contributed by atoms with Gasteiger partial charge in [0.25, 0.3) is 0 Å². The molecule has 0 saturated carbocycles. The highest BCUT2D eigenvalue weighted by atomic mass is 32.2. The van der Waals surface area contributed by atoms with Crippen LogP contribution in [-0.4, -0.2) is 45.0 Å². The number of morpholine rings is 1. The van der Waals surface area contributed by atoms with Crippen LogP contribution in [0.1, 0.15) is 36.1 Å². The molecular formula is C23H32N4O3S. The first-order valence-electron chi connectivity index (χ1n) is 10.7. The molecule has 0 aliphatic carbocycles. The van der Waals surface area contributed by atoms with Crippen molar-refractivity contribution in [3.8, 4) is 0 Å². The van der Waals surface area contributed by atoms with Crippen molar-refractivity contribution >= 4 is 21.7 Å². The number of anilines is 1. The molecule has 31 heavy (non-hydrogen) atoms. The molecule has 8 heteroatoms. The Kier molecular flexibility index (Phi) is 8.06. The summed E-state index contributed by atoms with van der Waals surface area (Å²) in [6.07, 6.45) is 1.79. The molecule has 1 aliphatic rings. The second-order valence-corrected chi connectivity index (χ2v) is 9.49. The van der Waals surface area contributed by atoms with Gasteiger partial charge in [0.05, 0.1) is 25.5 Å². The Morgan fingerprint density at radius 1 is 1.00 bits per heavy atom. The molecule has 2 aromatic carbocycles. The lowest BCUT2D eigenvalue weighted by atomic mass is 10.0. The maximum Gasteiger partial charge on any atom is 0.218 e. The highest BCUT2D eigenvalue weighted by Crippen LogP contribution is 2.22. The van der Waals surface area contributed by atoms with Gasteiger partial charge < -0.3 is 15.8 Å². The van der Waals surface area contributed by atoms with Crippen molar-refractivity contribution in [3.63, 3.8) is 0 Å². The van der Waals surface area contributed by atoms with E-state index in [9.17, 15) is 8.42 Å². The molecule has 0 atom stereocenters. The van der Waals surface area contributed by atoms with Gasteiger partial charge in [-0.2, -0.15) is 4.31 Å². The number of aliphatic imine (C=N–C) groups is 1. The van der Waals surface area contributed by atoms with Gasteiger partial charge in [-0.15, -0.1) is 0 Å². The number of nitrogens with one attached hydrogen (secondary N) is 1. The number of hydrogen-bond donors (Lipinski definition) is 2. The fraction of sp³-hybridized carbons (Fsp3) is 0.435. The predicted molar refractivity (Wildman–Crippen MR) is 126 cm³/mol. The molecule has 1 fully saturated rings. The molecule has 0 spiro atoms. The predicted octanol–water partition coefficient (Wildman–Crippen LogP) is 2.90. The van der Waals surface area contributed by atoms with Crippen molar-refractivity contribution in [2.45, 2.75) is 39.0 Å². The summed E-state index contributed by atoms with van der Waals surface area (Å²) in [7, 11) is -3.41. The Bertz CT molecular complexity index is 993. The lowest BCUT2D eigenvalue weighted by Crippen LogP contribution is -2.41. The Hall–Kier alpha value is -2.42. The molecule has 3 N–H and O–H groups in total. The molecule has 0 amide bonds. The molecule has 7 nitrogen and oxygen atoms in total. The topological polar surface area (TPSA) is 97.0 Å². The Morgan fingerprint density at radius 3 is 2.19 bits per heavy atom. The fourth-order valence-electron chi connectivity index (χ4n) is 3.71. The van der Waals surface area contributed by atoms with Crippen LogP contribution in [0.25, 0.3) is 0 Å². The summed E-state index contributed by atoms with van der Waals surface area (Å²) in [4.78, 5) is 4.50. The van der Waals surface area contributed by atoms with Gasteiger partial charge in [0, 0.05) is 18.8 Å². The Balaban J connectivity index is 1.75. The van der Waals surface area contributed by atoms with Gasteiger partial charge in [-0.05, 0) is 35.1 Å². The SMILES string of the molecule is CCc1cccc(CC)c1NC(N)=NCc1ccccc1CS(=O)(=O)N1CCOCC1. The van der Waals surface area contributed by atoms with Gasteiger partial charge in [-0.1, -0.05) is 56.3 Å². The van der Waals surface area contributed by atoms with Gasteiger partial charge in [0.2, 0.25) is 10.0 Å². The molecule has 0 unspecified atom stereocenters. The average molecular weight is 445 g/mol. The van der Waals surface area contributed by atoms with Crippen LogP contribution in [0.15, 0.2) is 47.5 Å². The second kappa shape index (κ2) is 10.7. The summed E-state index contributed by atoms with van der Waals surface area (Å²) < 4.78 is 32.4. The highest BCUT2D eigenvalue weighted by Gasteiger charge is 2.25. The van der Waals surface area contributed by atoms with Crippen molar-refractivity contribution in [1.82, 2.24) is 4.31 Å². The van der Waals surface area contributed by atoms with Crippen molar-refractivity contribution in [1.29, 1.82) is 0 Å². The summed E-state index contributed by atoms with van der Waals surface area (Å²) in [5, 5.41) is 3.26. The first-order valence-corrected chi connectivity index (χ1v) is 12.4. The molecule has 0 bridgehead atoms. The standard InChI is InChI=1S/C23H32N4O3S/c1-3-18-10-7-11-19(4-2)22(18)26-23(24)25-16-20-8-5-6-9-21(20)17-31(28,29)27-12-14-30-15-13-27/h5-11H,3-4,12-17H2,1-2H3,(H3,24,25,26). The first-order chi connectivity index (χ1) is 14.9. The number of benzene rings is 2. The maximum atomic E-state index is 12.8. The van der Waals surface area contributed by atoms with E-state index in [1.54, 1.807) is 0 Å². The summed E-state index contributed by atoms with van der Waals surface area (Å²) in [6, 6.07) is 13.7. The lowest BCUT2D eigenvalue weighted by Gasteiger charge is -2.26. The van der Waals surface area contributed by atoms with Crippen LogP contribution in [0.3, 0.4) is 0 Å². The van der Waals surface area contributed by atoms with E-state index < -0.39 is 10.0 Å². The Labute approximate surface area is 185 Å². The van der Waals surface area contributed by atoms with E-state index >= 15 is 0 Å². The minimum atomic E-state index is -3.41. The van der Waals surface area contributed by atoms with Gasteiger partial charge in [-0.25, -0.2) is 13.4 Å². The number of guanidine groups is 1. The van der Waals surface area contributed by atoms with Crippen LogP contribution < -0.4 is 11.1 Å². The van der Waals surface area contributed by atoms with Gasteiger partial charge in [-0.3, -0.25) is 0 Å². The van der Waals surface area contributed by atoms with Gasteiger partial charge in [0.15, 0.2) is 5.96 Å². The number of aryl methyl sites for hydroxylation is 2. The second-order valence-electron chi connectivity index (χ2n) is 7.52. The summed E-state index contributed by atoms with van der Waals surface area (Å²) in [6.45, 7) is 6.20. The number of ether oxygens (including phenoxy) is 1. The van der Waals surface area contributed by atoms with Crippen molar-refractivity contribution < 1.29 is 13.2 Å². The zero-order valence-corrected chi connectivity index (χ0v) is 19.1. The minimum absolute atomic E-state index is 0.0509. The molecule has 2 aromatic rings. The largest absolute Gasteiger partial charge is 0.379 e. The minimum Gasteiger partial charge on any atom is -0.379 e. The Morgan fingerprint density at radius 2 is 1.58 bits per heavy atom. The number of sulfonamides is 1. The molecule has 1 heterocycles. The molecule has 1 aliphatic heterocycles. The van der Waals surface area contributed by atoms with E-state index in [-0.39, 0.29) is 5.75 Å². The summed E-state index contributed by atoms with van der Waals surface area (Å²) in [5.74, 6) is 0.270. The first kappa shape index (κ1) is 23.2. The zero-order chi connectivity index (χ0) is 22.3. The maximum absolute atomic E-state index is 12.8. The number of rotatable bonds is 8. The van der Waals surface area contributed by atoms with Crippen molar-refractivity contribution in [2.75, 3.05) is 31.6 Å². The number of nitrogens with zero attached hydrogens (tertiary/aromatic N) is 2. The number of hydrogen-bond acceptors (Lipinski definition) is 4. The van der Waals surface area contributed by atoms with Crippen molar-refractivity contribution in [2.24, 2.45) is 10.7 Å². The van der Waals surface area contributed by atoms with Gasteiger partial charge >= 0.3 is 0 Å². The third kappa shape index (κ3) is 6.06. The van der Waals surface area contributed by atoms with Crippen LogP contribution in [0.2, 0.25) is 0 Å². The van der Waals surface area contributed by atoms with E-state index in [4.69, 9.17) is 10.5 Å². The third-order valence-corrected chi connectivity index (χ3v) is 7.32. The van der Waals surface area contributed by atoms with Crippen LogP contribution in [0.5, 0.6) is 0 Å². The highest BCUT2D eigenvalue weighted by molar-refractivity contribution is 7.88. The third-order valence-electron chi connectivity index (χ3n) is 5.49. The van der Waals surface area contributed by atoms with E-state index in [1.807, 2.05) is 24.3 Å². The smallest absolute Gasteiger partial charge is 0.218 e. The van der Waals surface area contributed by atoms with E-state index in [2.05, 4.69) is 42.4 Å². The van der Waals surface area contributed by atoms with Crippen molar-refractivity contribution in [3.05, 3.63) is 64.7 Å². The molecular weight excluding hydrogens is 412 g/mol. The molecule has 168 valence electrons. The summed E-state index contributed by atoms with van der Waals surface area (Å²) in [5.41, 5.74) is 11.2. The normalized spacial score (nSPS) is 15.7. The number of nitrogens with two attached hydrogens (primary N) is 1. The van der Waals surface area contributed by atoms with Crippen LogP contribution >= 0.6 is 0 Å². The van der Waals surface area contributed by atoms with Crippen LogP contribution in [-0.2, 0) is 39.9 Å². The van der Waals surface area contributed by atoms with Crippen LogP contribution in [0.4, 0.5) is 5.69 Å². The zero-order valence-electron chi connectivity index (χ0n) is 18.3. The molecule has 3 rings (SSSR count). The molecule has 1 saturated heterocycles. The molecule has 0 radical (unpaired) electrons. The van der Waals surface area contributed by atoms with E-state index in [0.29, 0.717) is 38.8 Å². The number of para-hydroxylation sites is 1. The lowest BCUT2D eigenvalue weighted by molar-refractivity contribution is 0.0729. The summed E-state index contributed by atoms with van der Waals surface area (Å²) >= 11 is 0. The monoisotopic (exact) mass is 444 g/mol. The molecule has 0 aromatic heterocycles. The van der Waals surface area contributed by atoms with Crippen LogP contribution in [0, 0.1) is 0 Å².